The van der Waals surface area contributed by atoms with Gasteiger partial charge in [0.15, 0.2) is 6.61 Å². The van der Waals surface area contributed by atoms with E-state index < -0.39 is 0 Å². The fourth-order valence-electron chi connectivity index (χ4n) is 2.82. The highest BCUT2D eigenvalue weighted by atomic mass is 32.1. The standard InChI is InChI=1S/C22H24N2O4S/c1-27-17-11-9-16(10-12-17)13-14-23-20(25)15-28-22(26)8-4-7-21-24-18-5-2-3-6-19(18)29-21/h2-3,5-6,9-12H,4,7-8,13-15H2,1H3,(H,23,25). The molecule has 1 heterocycles. The van der Waals surface area contributed by atoms with Crippen LogP contribution in [0.3, 0.4) is 0 Å². The molecule has 3 aromatic rings. The number of nitrogens with one attached hydrogen (secondary N) is 1. The molecule has 0 fully saturated rings. The van der Waals surface area contributed by atoms with Crippen molar-refractivity contribution >= 4 is 33.4 Å². The van der Waals surface area contributed by atoms with E-state index in [0.29, 0.717) is 19.4 Å². The number of aromatic nitrogens is 1. The summed E-state index contributed by atoms with van der Waals surface area (Å²) in [6, 6.07) is 15.7. The molecule has 0 spiro atoms. The smallest absolute Gasteiger partial charge is 0.306 e. The summed E-state index contributed by atoms with van der Waals surface area (Å²) in [6.45, 7) is 0.239. The lowest BCUT2D eigenvalue weighted by Gasteiger charge is -2.07. The highest BCUT2D eigenvalue weighted by molar-refractivity contribution is 7.18. The number of methoxy groups -OCH3 is 1. The minimum atomic E-state index is -0.364. The van der Waals surface area contributed by atoms with Crippen LogP contribution in [0, 0.1) is 0 Å². The van der Waals surface area contributed by atoms with Crippen LogP contribution >= 0.6 is 11.3 Å². The Morgan fingerprint density at radius 3 is 2.62 bits per heavy atom. The predicted octanol–water partition coefficient (Wildman–Crippen LogP) is 3.53. The van der Waals surface area contributed by atoms with Crippen LogP contribution in [0.1, 0.15) is 23.4 Å². The molecule has 1 N–H and O–H groups in total. The van der Waals surface area contributed by atoms with E-state index in [2.05, 4.69) is 10.3 Å². The van der Waals surface area contributed by atoms with Gasteiger partial charge in [-0.15, -0.1) is 11.3 Å². The molecule has 0 aliphatic rings. The van der Waals surface area contributed by atoms with Crippen molar-refractivity contribution in [3.05, 3.63) is 59.1 Å². The molecule has 0 saturated heterocycles. The number of ether oxygens (including phenoxy) is 2. The molecule has 6 nitrogen and oxygen atoms in total. The molecule has 0 bridgehead atoms. The summed E-state index contributed by atoms with van der Waals surface area (Å²) in [6.07, 6.45) is 2.35. The lowest BCUT2D eigenvalue weighted by atomic mass is 10.1. The number of benzene rings is 2. The summed E-state index contributed by atoms with van der Waals surface area (Å²) < 4.78 is 11.3. The molecule has 29 heavy (non-hydrogen) atoms. The van der Waals surface area contributed by atoms with Crippen molar-refractivity contribution < 1.29 is 19.1 Å². The van der Waals surface area contributed by atoms with Crippen LogP contribution in [-0.4, -0.2) is 37.1 Å². The molecule has 0 atom stereocenters. The van der Waals surface area contributed by atoms with Crippen LogP contribution in [0.25, 0.3) is 10.2 Å². The van der Waals surface area contributed by atoms with Gasteiger partial charge in [0.1, 0.15) is 5.75 Å². The summed E-state index contributed by atoms with van der Waals surface area (Å²) >= 11 is 1.64. The van der Waals surface area contributed by atoms with E-state index in [-0.39, 0.29) is 24.9 Å². The van der Waals surface area contributed by atoms with Crippen LogP contribution in [0.5, 0.6) is 5.75 Å². The Bertz CT molecular complexity index is 920. The molecule has 0 aliphatic heterocycles. The average molecular weight is 413 g/mol. The van der Waals surface area contributed by atoms with Gasteiger partial charge in [0, 0.05) is 13.0 Å². The van der Waals surface area contributed by atoms with Crippen molar-refractivity contribution in [1.82, 2.24) is 10.3 Å². The second-order valence-electron chi connectivity index (χ2n) is 6.54. The van der Waals surface area contributed by atoms with E-state index in [1.165, 1.54) is 0 Å². The molecule has 0 saturated carbocycles. The number of hydrogen-bond donors (Lipinski definition) is 1. The second-order valence-corrected chi connectivity index (χ2v) is 7.65. The van der Waals surface area contributed by atoms with Gasteiger partial charge >= 0.3 is 5.97 Å². The molecule has 0 radical (unpaired) electrons. The van der Waals surface area contributed by atoms with E-state index >= 15 is 0 Å². The second kappa shape index (κ2) is 10.6. The van der Waals surface area contributed by atoms with Crippen LogP contribution in [-0.2, 0) is 27.2 Å². The van der Waals surface area contributed by atoms with Gasteiger partial charge in [-0.05, 0) is 49.1 Å². The van der Waals surface area contributed by atoms with Crippen LogP contribution in [0.2, 0.25) is 0 Å². The SMILES string of the molecule is COc1ccc(CCNC(=O)COC(=O)CCCc2nc3ccccc3s2)cc1. The number of para-hydroxylation sites is 1. The summed E-state index contributed by atoms with van der Waals surface area (Å²) in [4.78, 5) is 28.2. The third kappa shape index (κ3) is 6.57. The Balaban J connectivity index is 1.28. The number of aryl methyl sites for hydroxylation is 1. The average Bonchev–Trinajstić information content (AvgIpc) is 3.15. The first-order valence-corrected chi connectivity index (χ1v) is 10.4. The first-order chi connectivity index (χ1) is 14.1. The van der Waals surface area contributed by atoms with E-state index in [1.807, 2.05) is 48.5 Å². The molecule has 7 heteroatoms. The Morgan fingerprint density at radius 1 is 1.07 bits per heavy atom. The maximum absolute atomic E-state index is 11.8. The highest BCUT2D eigenvalue weighted by Gasteiger charge is 2.09. The van der Waals surface area contributed by atoms with E-state index in [4.69, 9.17) is 9.47 Å². The van der Waals surface area contributed by atoms with Gasteiger partial charge in [0.25, 0.3) is 5.91 Å². The number of amides is 1. The van der Waals surface area contributed by atoms with Crippen molar-refractivity contribution in [2.45, 2.75) is 25.7 Å². The molecular weight excluding hydrogens is 388 g/mol. The number of rotatable bonds is 10. The van der Waals surface area contributed by atoms with Crippen molar-refractivity contribution in [2.24, 2.45) is 0 Å². The number of thiazole rings is 1. The maximum Gasteiger partial charge on any atom is 0.306 e. The van der Waals surface area contributed by atoms with Crippen LogP contribution < -0.4 is 10.1 Å². The number of carbonyl (C=O) groups is 2. The monoisotopic (exact) mass is 412 g/mol. The van der Waals surface area contributed by atoms with Gasteiger partial charge in [-0.2, -0.15) is 0 Å². The number of hydrogen-bond acceptors (Lipinski definition) is 6. The summed E-state index contributed by atoms with van der Waals surface area (Å²) in [7, 11) is 1.62. The van der Waals surface area contributed by atoms with Crippen LogP contribution in [0.4, 0.5) is 0 Å². The first-order valence-electron chi connectivity index (χ1n) is 9.54. The topological polar surface area (TPSA) is 77.5 Å². The van der Waals surface area contributed by atoms with E-state index in [9.17, 15) is 9.59 Å². The largest absolute Gasteiger partial charge is 0.497 e. The van der Waals surface area contributed by atoms with E-state index in [0.717, 1.165) is 33.0 Å². The minimum Gasteiger partial charge on any atom is -0.497 e. The Labute approximate surface area is 173 Å². The molecule has 2 aromatic carbocycles. The predicted molar refractivity (Wildman–Crippen MR) is 113 cm³/mol. The zero-order valence-electron chi connectivity index (χ0n) is 16.3. The molecule has 0 unspecified atom stereocenters. The fraction of sp³-hybridized carbons (Fsp3) is 0.318. The zero-order chi connectivity index (χ0) is 20.5. The zero-order valence-corrected chi connectivity index (χ0v) is 17.2. The lowest BCUT2D eigenvalue weighted by molar-refractivity contribution is -0.148. The van der Waals surface area contributed by atoms with E-state index in [1.54, 1.807) is 18.4 Å². The van der Waals surface area contributed by atoms with Gasteiger partial charge in [0.05, 0.1) is 22.3 Å². The molecular formula is C22H24N2O4S. The molecule has 152 valence electrons. The van der Waals surface area contributed by atoms with Crippen molar-refractivity contribution in [1.29, 1.82) is 0 Å². The summed E-state index contributed by atoms with van der Waals surface area (Å²) in [5.74, 6) is 0.141. The lowest BCUT2D eigenvalue weighted by Crippen LogP contribution is -2.30. The Morgan fingerprint density at radius 2 is 1.86 bits per heavy atom. The first kappa shape index (κ1) is 20.8. The van der Waals surface area contributed by atoms with Gasteiger partial charge in [-0.25, -0.2) is 4.98 Å². The minimum absolute atomic E-state index is 0.247. The molecule has 1 aromatic heterocycles. The third-order valence-corrected chi connectivity index (χ3v) is 5.47. The highest BCUT2D eigenvalue weighted by Crippen LogP contribution is 2.22. The number of nitrogens with zero attached hydrogens (tertiary/aromatic N) is 1. The summed E-state index contributed by atoms with van der Waals surface area (Å²) in [5, 5.41) is 3.77. The summed E-state index contributed by atoms with van der Waals surface area (Å²) in [5.41, 5.74) is 2.08. The molecule has 0 aliphatic carbocycles. The maximum atomic E-state index is 11.8. The van der Waals surface area contributed by atoms with Crippen molar-refractivity contribution in [3.8, 4) is 5.75 Å². The van der Waals surface area contributed by atoms with Crippen molar-refractivity contribution in [3.63, 3.8) is 0 Å². The van der Waals surface area contributed by atoms with Gasteiger partial charge in [-0.1, -0.05) is 24.3 Å². The van der Waals surface area contributed by atoms with Crippen molar-refractivity contribution in [2.75, 3.05) is 20.3 Å². The fourth-order valence-corrected chi connectivity index (χ4v) is 3.83. The number of esters is 1. The quantitative estimate of drug-likeness (QED) is 0.516. The Kier molecular flexibility index (Phi) is 7.58. The number of carbonyl (C=O) groups excluding carboxylic acids is 2. The van der Waals surface area contributed by atoms with Gasteiger partial charge < -0.3 is 14.8 Å². The van der Waals surface area contributed by atoms with Gasteiger partial charge in [0.2, 0.25) is 0 Å². The van der Waals surface area contributed by atoms with Crippen LogP contribution in [0.15, 0.2) is 48.5 Å². The van der Waals surface area contributed by atoms with Gasteiger partial charge in [-0.3, -0.25) is 9.59 Å². The Hall–Kier alpha value is -2.93. The molecule has 3 rings (SSSR count). The normalized spacial score (nSPS) is 10.7. The molecule has 1 amide bonds. The third-order valence-electron chi connectivity index (χ3n) is 4.37. The number of fused-ring (bicyclic) bond motifs is 1.